The highest BCUT2D eigenvalue weighted by molar-refractivity contribution is 6.33. The fourth-order valence-corrected chi connectivity index (χ4v) is 11.3. The number of nitrogens with zero attached hydrogens (tertiary/aromatic N) is 4. The molecule has 1 heterocycles. The van der Waals surface area contributed by atoms with Crippen molar-refractivity contribution in [2.45, 2.75) is 0 Å². The molecule has 13 aromatic carbocycles. The number of hydrogen-bond acceptors (Lipinski definition) is 3. The molecule has 348 valence electrons. The minimum absolute atomic E-state index is 1.05. The van der Waals surface area contributed by atoms with E-state index in [0.29, 0.717) is 0 Å². The van der Waals surface area contributed by atoms with E-state index in [1.54, 1.807) is 0 Å². The average molecular weight is 945 g/mol. The fraction of sp³-hybridized carbons (Fsp3) is 0. The first kappa shape index (κ1) is 42.9. The third-order valence-corrected chi connectivity index (χ3v) is 14.6. The SMILES string of the molecule is c1ccc(N(c2ccccc2)c2ccc(N(c3ccc(-c4ccc5c6c7ccc8cccc9ccc(cc6n(-c6ccccc6)c5c4)c7c98)cc3)c3ccc(N(c4ccccc4)c4ccccc4)cc3)cc2)cc1. The topological polar surface area (TPSA) is 14.7 Å². The number of fused-ring (bicyclic) bond motifs is 4. The van der Waals surface area contributed by atoms with Gasteiger partial charge in [-0.3, -0.25) is 0 Å². The lowest BCUT2D eigenvalue weighted by Crippen LogP contribution is -2.13. The second-order valence-electron chi connectivity index (χ2n) is 19.0. The first-order valence-corrected chi connectivity index (χ1v) is 25.3. The summed E-state index contributed by atoms with van der Waals surface area (Å²) in [6, 6.07) is 105. The molecule has 14 aromatic rings. The molecule has 74 heavy (non-hydrogen) atoms. The molecular formula is C70H48N4. The number of aromatic nitrogens is 1. The highest BCUT2D eigenvalue weighted by atomic mass is 15.2. The maximum atomic E-state index is 2.46. The maximum absolute atomic E-state index is 2.46. The summed E-state index contributed by atoms with van der Waals surface area (Å²) in [5.41, 5.74) is 15.6. The second-order valence-corrected chi connectivity index (χ2v) is 19.0. The van der Waals surface area contributed by atoms with Gasteiger partial charge in [0, 0.05) is 67.6 Å². The smallest absolute Gasteiger partial charge is 0.0553 e. The van der Waals surface area contributed by atoms with Crippen LogP contribution in [0.2, 0.25) is 0 Å². The Morgan fingerprint density at radius 3 is 1.04 bits per heavy atom. The number of rotatable bonds is 11. The van der Waals surface area contributed by atoms with Gasteiger partial charge in [-0.2, -0.15) is 0 Å². The molecule has 1 aromatic heterocycles. The first-order valence-electron chi connectivity index (χ1n) is 25.3. The molecule has 14 rings (SSSR count). The molecular weight excluding hydrogens is 897 g/mol. The van der Waals surface area contributed by atoms with Crippen molar-refractivity contribution >= 4 is 105 Å². The molecule has 0 aliphatic rings. The standard InChI is InChI=1S/C70H48N4/c1-6-19-54(20-7-1)71(55-21-8-2-9-22-55)60-37-41-62(42-38-60)73(63-43-39-61(40-44-63)72(56-23-10-3-11-24-56)57-25-12-4-13-26-57)59-35-31-49(32-36-59)52-34-45-64-66(47-52)74(58-27-14-5-15-28-58)67-48-53-30-29-50-17-16-18-51-33-46-65(70(64)67)69(53)68(50)51/h1-48H. The third kappa shape index (κ3) is 7.39. The molecule has 0 saturated heterocycles. The van der Waals surface area contributed by atoms with Gasteiger partial charge in [-0.05, 0) is 177 Å². The third-order valence-electron chi connectivity index (χ3n) is 14.6. The Hall–Kier alpha value is -9.90. The van der Waals surface area contributed by atoms with E-state index in [4.69, 9.17) is 0 Å². The molecule has 0 aliphatic carbocycles. The van der Waals surface area contributed by atoms with Gasteiger partial charge in [-0.15, -0.1) is 0 Å². The molecule has 0 unspecified atom stereocenters. The number of para-hydroxylation sites is 5. The lowest BCUT2D eigenvalue weighted by atomic mass is 9.92. The average Bonchev–Trinajstić information content (AvgIpc) is 3.81. The van der Waals surface area contributed by atoms with Gasteiger partial charge in [0.1, 0.15) is 0 Å². The van der Waals surface area contributed by atoms with E-state index < -0.39 is 0 Å². The predicted octanol–water partition coefficient (Wildman–Crippen LogP) is 19.8. The zero-order valence-corrected chi connectivity index (χ0v) is 40.5. The normalized spacial score (nSPS) is 11.5. The number of benzene rings is 13. The Balaban J connectivity index is 0.887. The summed E-state index contributed by atoms with van der Waals surface area (Å²) in [6.07, 6.45) is 0. The van der Waals surface area contributed by atoms with Crippen molar-refractivity contribution < 1.29 is 0 Å². The van der Waals surface area contributed by atoms with Crippen molar-refractivity contribution in [3.8, 4) is 16.8 Å². The van der Waals surface area contributed by atoms with Gasteiger partial charge in [0.15, 0.2) is 0 Å². The molecule has 0 N–H and O–H groups in total. The van der Waals surface area contributed by atoms with Crippen molar-refractivity contribution in [3.63, 3.8) is 0 Å². The summed E-state index contributed by atoms with van der Waals surface area (Å²) in [6.45, 7) is 0. The van der Waals surface area contributed by atoms with Crippen LogP contribution < -0.4 is 14.7 Å². The van der Waals surface area contributed by atoms with Crippen LogP contribution in [-0.4, -0.2) is 4.57 Å². The van der Waals surface area contributed by atoms with Gasteiger partial charge in [-0.1, -0.05) is 158 Å². The van der Waals surface area contributed by atoms with E-state index in [2.05, 4.69) is 310 Å². The van der Waals surface area contributed by atoms with Crippen LogP contribution in [0.15, 0.2) is 291 Å². The Bertz CT molecular complexity index is 4030. The fourth-order valence-electron chi connectivity index (χ4n) is 11.3. The van der Waals surface area contributed by atoms with Crippen LogP contribution in [0, 0.1) is 0 Å². The van der Waals surface area contributed by atoms with Gasteiger partial charge in [0.05, 0.1) is 11.0 Å². The van der Waals surface area contributed by atoms with Gasteiger partial charge in [-0.25, -0.2) is 0 Å². The van der Waals surface area contributed by atoms with E-state index in [1.165, 1.54) is 54.1 Å². The van der Waals surface area contributed by atoms with Gasteiger partial charge < -0.3 is 19.3 Å². The van der Waals surface area contributed by atoms with Crippen LogP contribution in [0.25, 0.3) is 70.9 Å². The molecule has 0 aliphatic heterocycles. The summed E-state index contributed by atoms with van der Waals surface area (Å²) >= 11 is 0. The summed E-state index contributed by atoms with van der Waals surface area (Å²) in [5, 5.41) is 10.3. The summed E-state index contributed by atoms with van der Waals surface area (Å²) in [7, 11) is 0. The molecule has 4 heteroatoms. The van der Waals surface area contributed by atoms with Crippen molar-refractivity contribution in [1.82, 2.24) is 4.57 Å². The second kappa shape index (κ2) is 18.1. The molecule has 0 atom stereocenters. The van der Waals surface area contributed by atoms with Crippen molar-refractivity contribution in [2.75, 3.05) is 14.7 Å². The molecule has 0 amide bonds. The Morgan fingerprint density at radius 2 is 0.581 bits per heavy atom. The molecule has 0 bridgehead atoms. The monoisotopic (exact) mass is 944 g/mol. The van der Waals surface area contributed by atoms with Gasteiger partial charge >= 0.3 is 0 Å². The van der Waals surface area contributed by atoms with Crippen LogP contribution in [0.4, 0.5) is 51.2 Å². The van der Waals surface area contributed by atoms with E-state index in [-0.39, 0.29) is 0 Å². The van der Waals surface area contributed by atoms with Crippen LogP contribution in [0.5, 0.6) is 0 Å². The van der Waals surface area contributed by atoms with Crippen LogP contribution >= 0.6 is 0 Å². The summed E-state index contributed by atoms with van der Waals surface area (Å²) < 4.78 is 2.46. The summed E-state index contributed by atoms with van der Waals surface area (Å²) in [4.78, 5) is 6.97. The zero-order valence-electron chi connectivity index (χ0n) is 40.5. The predicted molar refractivity (Wildman–Crippen MR) is 314 cm³/mol. The van der Waals surface area contributed by atoms with Crippen molar-refractivity contribution in [3.05, 3.63) is 291 Å². The molecule has 0 saturated carbocycles. The highest BCUT2D eigenvalue weighted by Crippen LogP contribution is 2.46. The molecule has 0 radical (unpaired) electrons. The van der Waals surface area contributed by atoms with E-state index in [0.717, 1.165) is 68.0 Å². The van der Waals surface area contributed by atoms with Crippen LogP contribution in [-0.2, 0) is 0 Å². The minimum atomic E-state index is 1.05. The number of hydrogen-bond donors (Lipinski definition) is 0. The number of anilines is 9. The maximum Gasteiger partial charge on any atom is 0.0553 e. The van der Waals surface area contributed by atoms with E-state index in [9.17, 15) is 0 Å². The quantitative estimate of drug-likeness (QED) is 0.120. The lowest BCUT2D eigenvalue weighted by molar-refractivity contribution is 1.18. The van der Waals surface area contributed by atoms with Gasteiger partial charge in [0.2, 0.25) is 0 Å². The zero-order chi connectivity index (χ0) is 49.0. The van der Waals surface area contributed by atoms with Crippen molar-refractivity contribution in [1.29, 1.82) is 0 Å². The first-order chi connectivity index (χ1) is 36.7. The Morgan fingerprint density at radius 1 is 0.216 bits per heavy atom. The van der Waals surface area contributed by atoms with E-state index >= 15 is 0 Å². The van der Waals surface area contributed by atoms with Gasteiger partial charge in [0.25, 0.3) is 0 Å². The van der Waals surface area contributed by atoms with E-state index in [1.807, 2.05) is 0 Å². The Kier molecular flexibility index (Phi) is 10.5. The van der Waals surface area contributed by atoms with Crippen LogP contribution in [0.3, 0.4) is 0 Å². The Labute approximate surface area is 430 Å². The molecule has 0 fully saturated rings. The van der Waals surface area contributed by atoms with Crippen molar-refractivity contribution in [2.24, 2.45) is 0 Å². The minimum Gasteiger partial charge on any atom is -0.311 e. The summed E-state index contributed by atoms with van der Waals surface area (Å²) in [5.74, 6) is 0. The molecule has 4 nitrogen and oxygen atoms in total. The largest absolute Gasteiger partial charge is 0.311 e. The molecule has 0 spiro atoms. The highest BCUT2D eigenvalue weighted by Gasteiger charge is 2.21. The lowest BCUT2D eigenvalue weighted by Gasteiger charge is -2.29. The van der Waals surface area contributed by atoms with Crippen LogP contribution in [0.1, 0.15) is 0 Å².